The molecule has 1 fully saturated rings. The van der Waals surface area contributed by atoms with E-state index in [1.165, 1.54) is 6.07 Å². The quantitative estimate of drug-likeness (QED) is 0.622. The maximum Gasteiger partial charge on any atom is 0.333 e. The lowest BCUT2D eigenvalue weighted by molar-refractivity contribution is -0.197. The SMILES string of the molecule is O=C(CCc1ccc(N=Nc2ccccc2O)cc1)ON1C(=O)CCC1=O. The summed E-state index contributed by atoms with van der Waals surface area (Å²) in [5, 5.41) is 18.2. The molecule has 2 aromatic carbocycles. The van der Waals surface area contributed by atoms with Crippen LogP contribution < -0.4 is 0 Å². The summed E-state index contributed by atoms with van der Waals surface area (Å²) in [6.45, 7) is 0. The van der Waals surface area contributed by atoms with Gasteiger partial charge in [-0.1, -0.05) is 24.3 Å². The highest BCUT2D eigenvalue weighted by Gasteiger charge is 2.32. The minimum Gasteiger partial charge on any atom is -0.506 e. The van der Waals surface area contributed by atoms with Crippen LogP contribution in [-0.2, 0) is 25.6 Å². The third-order valence-corrected chi connectivity index (χ3v) is 3.91. The molecule has 2 amide bonds. The standard InChI is InChI=1S/C19H17N3O5/c23-16-4-2-1-3-15(16)21-20-14-8-5-13(6-9-14)7-12-19(26)27-22-17(24)10-11-18(22)25/h1-6,8-9,23H,7,10-12H2. The van der Waals surface area contributed by atoms with Crippen LogP contribution in [0.25, 0.3) is 0 Å². The molecule has 3 rings (SSSR count). The molecular weight excluding hydrogens is 350 g/mol. The van der Waals surface area contributed by atoms with Crippen molar-refractivity contribution in [3.63, 3.8) is 0 Å². The van der Waals surface area contributed by atoms with E-state index in [1.807, 2.05) is 0 Å². The molecule has 0 saturated carbocycles. The molecule has 0 atom stereocenters. The Labute approximate surface area is 155 Å². The molecule has 0 unspecified atom stereocenters. The molecule has 1 N–H and O–H groups in total. The first-order chi connectivity index (χ1) is 13.0. The Bertz CT molecular complexity index is 876. The van der Waals surface area contributed by atoms with Crippen LogP contribution in [-0.4, -0.2) is 28.0 Å². The summed E-state index contributed by atoms with van der Waals surface area (Å²) in [4.78, 5) is 39.4. The second-order valence-corrected chi connectivity index (χ2v) is 5.90. The van der Waals surface area contributed by atoms with Crippen molar-refractivity contribution in [2.45, 2.75) is 25.7 Å². The van der Waals surface area contributed by atoms with Crippen LogP contribution in [0.2, 0.25) is 0 Å². The number of imide groups is 1. The molecule has 0 bridgehead atoms. The van der Waals surface area contributed by atoms with Crippen molar-refractivity contribution in [3.05, 3.63) is 54.1 Å². The monoisotopic (exact) mass is 367 g/mol. The Morgan fingerprint density at radius 2 is 1.67 bits per heavy atom. The first-order valence-electron chi connectivity index (χ1n) is 8.38. The summed E-state index contributed by atoms with van der Waals surface area (Å²) < 4.78 is 0. The Morgan fingerprint density at radius 1 is 1.00 bits per heavy atom. The summed E-state index contributed by atoms with van der Waals surface area (Å²) in [5.41, 5.74) is 1.83. The maximum absolute atomic E-state index is 11.8. The first kappa shape index (κ1) is 18.2. The van der Waals surface area contributed by atoms with Gasteiger partial charge in [-0.3, -0.25) is 9.59 Å². The van der Waals surface area contributed by atoms with Crippen molar-refractivity contribution < 1.29 is 24.3 Å². The van der Waals surface area contributed by atoms with Gasteiger partial charge >= 0.3 is 5.97 Å². The summed E-state index contributed by atoms with van der Waals surface area (Å²) in [6, 6.07) is 13.7. The van der Waals surface area contributed by atoms with Crippen molar-refractivity contribution in [1.82, 2.24) is 5.06 Å². The third kappa shape index (κ3) is 4.75. The van der Waals surface area contributed by atoms with Gasteiger partial charge in [-0.2, -0.15) is 5.11 Å². The number of carbonyl (C=O) groups is 3. The van der Waals surface area contributed by atoms with E-state index in [0.29, 0.717) is 22.9 Å². The van der Waals surface area contributed by atoms with Crippen LogP contribution in [0, 0.1) is 0 Å². The van der Waals surface area contributed by atoms with E-state index in [4.69, 9.17) is 4.84 Å². The molecule has 0 radical (unpaired) electrons. The maximum atomic E-state index is 11.8. The Hall–Kier alpha value is -3.55. The van der Waals surface area contributed by atoms with Gasteiger partial charge in [-0.05, 0) is 36.2 Å². The van der Waals surface area contributed by atoms with Gasteiger partial charge in [0.05, 0.1) is 12.1 Å². The van der Waals surface area contributed by atoms with Crippen LogP contribution in [0.3, 0.4) is 0 Å². The Morgan fingerprint density at radius 3 is 2.33 bits per heavy atom. The fraction of sp³-hybridized carbons (Fsp3) is 0.211. The van der Waals surface area contributed by atoms with Crippen molar-refractivity contribution in [1.29, 1.82) is 0 Å². The molecule has 0 aliphatic carbocycles. The normalized spacial score (nSPS) is 14.1. The number of aromatic hydroxyl groups is 1. The molecular formula is C19H17N3O5. The van der Waals surface area contributed by atoms with Gasteiger partial charge in [-0.25, -0.2) is 4.79 Å². The van der Waals surface area contributed by atoms with Crippen LogP contribution in [0.4, 0.5) is 11.4 Å². The number of hydroxylamine groups is 2. The van der Waals surface area contributed by atoms with E-state index in [9.17, 15) is 19.5 Å². The molecule has 1 heterocycles. The second-order valence-electron chi connectivity index (χ2n) is 5.90. The zero-order chi connectivity index (χ0) is 19.2. The lowest BCUT2D eigenvalue weighted by atomic mass is 10.1. The van der Waals surface area contributed by atoms with Crippen LogP contribution in [0.5, 0.6) is 5.75 Å². The van der Waals surface area contributed by atoms with Crippen molar-refractivity contribution in [2.75, 3.05) is 0 Å². The molecule has 2 aromatic rings. The predicted octanol–water partition coefficient (Wildman–Crippen LogP) is 3.35. The highest BCUT2D eigenvalue weighted by Crippen LogP contribution is 2.27. The molecule has 0 aromatic heterocycles. The lowest BCUT2D eigenvalue weighted by Crippen LogP contribution is -2.32. The van der Waals surface area contributed by atoms with Gasteiger partial charge in [0, 0.05) is 12.8 Å². The fourth-order valence-corrected chi connectivity index (χ4v) is 2.44. The number of hydrogen-bond acceptors (Lipinski definition) is 7. The van der Waals surface area contributed by atoms with E-state index >= 15 is 0 Å². The molecule has 1 aliphatic rings. The number of nitrogens with zero attached hydrogens (tertiary/aromatic N) is 3. The van der Waals surface area contributed by atoms with Crippen LogP contribution in [0.1, 0.15) is 24.8 Å². The van der Waals surface area contributed by atoms with Crippen molar-refractivity contribution in [3.8, 4) is 5.75 Å². The van der Waals surface area contributed by atoms with Crippen molar-refractivity contribution in [2.24, 2.45) is 10.2 Å². The molecule has 0 spiro atoms. The zero-order valence-electron chi connectivity index (χ0n) is 14.4. The molecule has 138 valence electrons. The zero-order valence-corrected chi connectivity index (χ0v) is 14.4. The van der Waals surface area contributed by atoms with E-state index in [2.05, 4.69) is 10.2 Å². The minimum atomic E-state index is -0.637. The average Bonchev–Trinajstić information content (AvgIpc) is 2.98. The lowest BCUT2D eigenvalue weighted by Gasteiger charge is -2.12. The highest BCUT2D eigenvalue weighted by molar-refractivity contribution is 6.01. The van der Waals surface area contributed by atoms with E-state index in [-0.39, 0.29) is 25.0 Å². The molecule has 1 aliphatic heterocycles. The number of azo groups is 1. The Kier molecular flexibility index (Phi) is 5.55. The van der Waals surface area contributed by atoms with Gasteiger partial charge in [0.1, 0.15) is 11.4 Å². The van der Waals surface area contributed by atoms with E-state index in [0.717, 1.165) is 5.56 Å². The van der Waals surface area contributed by atoms with Gasteiger partial charge in [0.15, 0.2) is 0 Å². The average molecular weight is 367 g/mol. The minimum absolute atomic E-state index is 0.0375. The highest BCUT2D eigenvalue weighted by atomic mass is 16.7. The Balaban J connectivity index is 1.52. The van der Waals surface area contributed by atoms with Gasteiger partial charge in [-0.15, -0.1) is 10.2 Å². The fourth-order valence-electron chi connectivity index (χ4n) is 2.44. The number of hydrogen-bond donors (Lipinski definition) is 1. The predicted molar refractivity (Wildman–Crippen MR) is 94.2 cm³/mol. The number of para-hydroxylation sites is 1. The number of phenolic OH excluding ortho intramolecular Hbond substituents is 1. The molecule has 8 heteroatoms. The van der Waals surface area contributed by atoms with Crippen LogP contribution in [0.15, 0.2) is 58.8 Å². The van der Waals surface area contributed by atoms with Gasteiger partial charge in [0.2, 0.25) is 0 Å². The van der Waals surface area contributed by atoms with Gasteiger partial charge < -0.3 is 9.94 Å². The smallest absolute Gasteiger partial charge is 0.333 e. The summed E-state index contributed by atoms with van der Waals surface area (Å²) in [5.74, 6) is -1.58. The molecule has 1 saturated heterocycles. The van der Waals surface area contributed by atoms with Gasteiger partial charge in [0.25, 0.3) is 11.8 Å². The summed E-state index contributed by atoms with van der Waals surface area (Å²) in [7, 11) is 0. The largest absolute Gasteiger partial charge is 0.506 e. The topological polar surface area (TPSA) is 109 Å². The second kappa shape index (κ2) is 8.22. The summed E-state index contributed by atoms with van der Waals surface area (Å²) >= 11 is 0. The number of aryl methyl sites for hydroxylation is 1. The number of amides is 2. The van der Waals surface area contributed by atoms with E-state index in [1.54, 1.807) is 42.5 Å². The van der Waals surface area contributed by atoms with Crippen molar-refractivity contribution >= 4 is 29.2 Å². The number of phenols is 1. The number of benzene rings is 2. The molecule has 8 nitrogen and oxygen atoms in total. The number of carbonyl (C=O) groups excluding carboxylic acids is 3. The first-order valence-corrected chi connectivity index (χ1v) is 8.38. The van der Waals surface area contributed by atoms with E-state index < -0.39 is 17.8 Å². The summed E-state index contributed by atoms with van der Waals surface area (Å²) in [6.07, 6.45) is 0.577. The van der Waals surface area contributed by atoms with Crippen LogP contribution >= 0.6 is 0 Å². The molecule has 27 heavy (non-hydrogen) atoms. The number of rotatable bonds is 6. The third-order valence-electron chi connectivity index (χ3n) is 3.91.